The Kier molecular flexibility index (Phi) is 3.43. The van der Waals surface area contributed by atoms with E-state index in [1.165, 1.54) is 24.3 Å². The summed E-state index contributed by atoms with van der Waals surface area (Å²) in [4.78, 5) is 4.34. The number of benzene rings is 2. The van der Waals surface area contributed by atoms with Crippen molar-refractivity contribution in [3.8, 4) is 0 Å². The Labute approximate surface area is 126 Å². The summed E-state index contributed by atoms with van der Waals surface area (Å²) in [5.74, 6) is -0.943. The standard InChI is InChI=1S/C14H9BrF2N2S/c1-7-4-10(17)12(6-9(7)16)19-14-18-11-3-2-8(15)5-13(11)20-14/h2-6H,1H3,(H,18,19). The second-order valence-electron chi connectivity index (χ2n) is 4.34. The first-order chi connectivity index (χ1) is 9.52. The van der Waals surface area contributed by atoms with Crippen LogP contribution in [-0.4, -0.2) is 4.98 Å². The van der Waals surface area contributed by atoms with Crippen molar-refractivity contribution < 1.29 is 8.78 Å². The molecule has 1 heterocycles. The van der Waals surface area contributed by atoms with Crippen LogP contribution in [0.3, 0.4) is 0 Å². The molecule has 0 spiro atoms. The first-order valence-electron chi connectivity index (χ1n) is 5.82. The zero-order chi connectivity index (χ0) is 14.3. The van der Waals surface area contributed by atoms with Gasteiger partial charge in [-0.2, -0.15) is 0 Å². The molecule has 20 heavy (non-hydrogen) atoms. The molecule has 0 aliphatic heterocycles. The van der Waals surface area contributed by atoms with Crippen LogP contribution in [-0.2, 0) is 0 Å². The minimum atomic E-state index is -0.496. The predicted molar refractivity (Wildman–Crippen MR) is 81.7 cm³/mol. The molecule has 0 bridgehead atoms. The number of hydrogen-bond acceptors (Lipinski definition) is 3. The van der Waals surface area contributed by atoms with Crippen LogP contribution in [0, 0.1) is 18.6 Å². The van der Waals surface area contributed by atoms with Gasteiger partial charge in [-0.25, -0.2) is 13.8 Å². The number of nitrogens with zero attached hydrogens (tertiary/aromatic N) is 1. The van der Waals surface area contributed by atoms with Gasteiger partial charge in [0, 0.05) is 10.5 Å². The Morgan fingerprint density at radius 1 is 1.15 bits per heavy atom. The van der Waals surface area contributed by atoms with Crippen molar-refractivity contribution in [3.05, 3.63) is 52.0 Å². The average molecular weight is 355 g/mol. The van der Waals surface area contributed by atoms with Crippen LogP contribution in [0.5, 0.6) is 0 Å². The fourth-order valence-electron chi connectivity index (χ4n) is 1.81. The van der Waals surface area contributed by atoms with Gasteiger partial charge < -0.3 is 5.32 Å². The Hall–Kier alpha value is -1.53. The summed E-state index contributed by atoms with van der Waals surface area (Å²) in [6.07, 6.45) is 0. The Bertz CT molecular complexity index is 801. The van der Waals surface area contributed by atoms with Crippen molar-refractivity contribution in [2.75, 3.05) is 5.32 Å². The molecule has 102 valence electrons. The smallest absolute Gasteiger partial charge is 0.188 e. The van der Waals surface area contributed by atoms with Crippen molar-refractivity contribution in [3.63, 3.8) is 0 Å². The summed E-state index contributed by atoms with van der Waals surface area (Å²) < 4.78 is 29.2. The lowest BCUT2D eigenvalue weighted by Gasteiger charge is -2.05. The van der Waals surface area contributed by atoms with Gasteiger partial charge in [-0.1, -0.05) is 27.3 Å². The summed E-state index contributed by atoms with van der Waals surface area (Å²) in [5.41, 5.74) is 1.18. The molecule has 2 aromatic carbocycles. The summed E-state index contributed by atoms with van der Waals surface area (Å²) in [7, 11) is 0. The molecule has 6 heteroatoms. The summed E-state index contributed by atoms with van der Waals surface area (Å²) in [5, 5.41) is 3.35. The largest absolute Gasteiger partial charge is 0.329 e. The van der Waals surface area contributed by atoms with E-state index >= 15 is 0 Å². The first kappa shape index (κ1) is 13.5. The van der Waals surface area contributed by atoms with Gasteiger partial charge in [0.2, 0.25) is 0 Å². The number of halogens is 3. The van der Waals surface area contributed by atoms with Gasteiger partial charge in [0.05, 0.1) is 15.9 Å². The number of thiazole rings is 1. The Morgan fingerprint density at radius 3 is 2.75 bits per heavy atom. The van der Waals surface area contributed by atoms with Gasteiger partial charge in [-0.15, -0.1) is 0 Å². The first-order valence-corrected chi connectivity index (χ1v) is 7.42. The minimum absolute atomic E-state index is 0.0891. The fourth-order valence-corrected chi connectivity index (χ4v) is 3.24. The number of aromatic nitrogens is 1. The molecule has 1 N–H and O–H groups in total. The number of fused-ring (bicyclic) bond motifs is 1. The highest BCUT2D eigenvalue weighted by atomic mass is 79.9. The third-order valence-electron chi connectivity index (χ3n) is 2.84. The van der Waals surface area contributed by atoms with Crippen LogP contribution in [0.1, 0.15) is 5.56 Å². The van der Waals surface area contributed by atoms with E-state index < -0.39 is 11.6 Å². The maximum Gasteiger partial charge on any atom is 0.188 e. The molecule has 3 rings (SSSR count). The summed E-state index contributed by atoms with van der Waals surface area (Å²) >= 11 is 4.77. The van der Waals surface area contributed by atoms with Crippen molar-refractivity contribution in [2.45, 2.75) is 6.92 Å². The fraction of sp³-hybridized carbons (Fsp3) is 0.0714. The number of rotatable bonds is 2. The highest BCUT2D eigenvalue weighted by Gasteiger charge is 2.10. The highest BCUT2D eigenvalue weighted by molar-refractivity contribution is 9.10. The molecular formula is C14H9BrF2N2S. The molecule has 0 saturated heterocycles. The van der Waals surface area contributed by atoms with E-state index in [9.17, 15) is 8.78 Å². The summed E-state index contributed by atoms with van der Waals surface area (Å²) in [6.45, 7) is 1.53. The zero-order valence-corrected chi connectivity index (χ0v) is 12.8. The molecule has 1 aromatic heterocycles. The van der Waals surface area contributed by atoms with Crippen molar-refractivity contribution >= 4 is 48.3 Å². The second kappa shape index (κ2) is 5.10. The van der Waals surface area contributed by atoms with E-state index in [0.29, 0.717) is 5.13 Å². The zero-order valence-electron chi connectivity index (χ0n) is 10.4. The van der Waals surface area contributed by atoms with Crippen LogP contribution >= 0.6 is 27.3 Å². The molecule has 2 nitrogen and oxygen atoms in total. The molecule has 0 unspecified atom stereocenters. The van der Waals surface area contributed by atoms with E-state index in [0.717, 1.165) is 20.8 Å². The van der Waals surface area contributed by atoms with Crippen LogP contribution in [0.4, 0.5) is 19.6 Å². The van der Waals surface area contributed by atoms with E-state index in [4.69, 9.17) is 0 Å². The molecule has 0 saturated carbocycles. The maximum absolute atomic E-state index is 13.8. The third kappa shape index (κ3) is 2.53. The van der Waals surface area contributed by atoms with E-state index in [1.807, 2.05) is 18.2 Å². The molecule has 0 aliphatic rings. The van der Waals surface area contributed by atoms with Gasteiger partial charge in [-0.05, 0) is 36.8 Å². The van der Waals surface area contributed by atoms with Crippen LogP contribution < -0.4 is 5.32 Å². The lowest BCUT2D eigenvalue weighted by molar-refractivity contribution is 0.595. The SMILES string of the molecule is Cc1cc(F)c(Nc2nc3ccc(Br)cc3s2)cc1F. The van der Waals surface area contributed by atoms with E-state index in [2.05, 4.69) is 26.2 Å². The van der Waals surface area contributed by atoms with Crippen molar-refractivity contribution in [1.82, 2.24) is 4.98 Å². The van der Waals surface area contributed by atoms with Crippen molar-refractivity contribution in [1.29, 1.82) is 0 Å². The average Bonchev–Trinajstić information content (AvgIpc) is 2.77. The lowest BCUT2D eigenvalue weighted by atomic mass is 10.2. The van der Waals surface area contributed by atoms with Crippen molar-refractivity contribution in [2.24, 2.45) is 0 Å². The molecular weight excluding hydrogens is 346 g/mol. The van der Waals surface area contributed by atoms with Gasteiger partial charge in [0.25, 0.3) is 0 Å². The van der Waals surface area contributed by atoms with Crippen LogP contribution in [0.15, 0.2) is 34.8 Å². The van der Waals surface area contributed by atoms with E-state index in [-0.39, 0.29) is 11.3 Å². The second-order valence-corrected chi connectivity index (χ2v) is 6.28. The molecule has 0 radical (unpaired) electrons. The predicted octanol–water partition coefficient (Wildman–Crippen LogP) is 5.39. The van der Waals surface area contributed by atoms with Crippen LogP contribution in [0.2, 0.25) is 0 Å². The number of anilines is 2. The highest BCUT2D eigenvalue weighted by Crippen LogP contribution is 2.31. The van der Waals surface area contributed by atoms with Gasteiger partial charge >= 0.3 is 0 Å². The van der Waals surface area contributed by atoms with Gasteiger partial charge in [-0.3, -0.25) is 0 Å². The lowest BCUT2D eigenvalue weighted by Crippen LogP contribution is -1.96. The third-order valence-corrected chi connectivity index (χ3v) is 4.27. The molecule has 0 fully saturated rings. The minimum Gasteiger partial charge on any atom is -0.329 e. The normalized spacial score (nSPS) is 11.0. The molecule has 0 atom stereocenters. The van der Waals surface area contributed by atoms with E-state index in [1.54, 1.807) is 0 Å². The number of aryl methyl sites for hydroxylation is 1. The summed E-state index contributed by atoms with van der Waals surface area (Å²) in [6, 6.07) is 8.00. The molecule has 0 amide bonds. The monoisotopic (exact) mass is 354 g/mol. The maximum atomic E-state index is 13.8. The Morgan fingerprint density at radius 2 is 1.95 bits per heavy atom. The quantitative estimate of drug-likeness (QED) is 0.667. The molecule has 3 aromatic rings. The number of nitrogens with one attached hydrogen (secondary N) is 1. The molecule has 0 aliphatic carbocycles. The Balaban J connectivity index is 1.99. The van der Waals surface area contributed by atoms with Gasteiger partial charge in [0.15, 0.2) is 5.13 Å². The van der Waals surface area contributed by atoms with Gasteiger partial charge in [0.1, 0.15) is 11.6 Å². The topological polar surface area (TPSA) is 24.9 Å². The number of hydrogen-bond donors (Lipinski definition) is 1. The van der Waals surface area contributed by atoms with Crippen LogP contribution in [0.25, 0.3) is 10.2 Å².